The summed E-state index contributed by atoms with van der Waals surface area (Å²) in [4.78, 5) is 0. The molecule has 1 aliphatic rings. The molecule has 2 nitrogen and oxygen atoms in total. The first kappa shape index (κ1) is 12.9. The Bertz CT molecular complexity index is 392. The Morgan fingerprint density at radius 2 is 2.12 bits per heavy atom. The van der Waals surface area contributed by atoms with E-state index in [0.29, 0.717) is 12.1 Å². The Morgan fingerprint density at radius 3 is 2.71 bits per heavy atom. The lowest BCUT2D eigenvalue weighted by atomic mass is 9.64. The fourth-order valence-electron chi connectivity index (χ4n) is 2.51. The SMILES string of the molecule is COC1CC(NCc2ccccc2Cl)C1(C)C. The molecule has 0 aromatic heterocycles. The molecule has 0 radical (unpaired) electrons. The quantitative estimate of drug-likeness (QED) is 0.890. The zero-order valence-corrected chi connectivity index (χ0v) is 11.4. The van der Waals surface area contributed by atoms with Crippen LogP contribution >= 0.6 is 11.6 Å². The van der Waals surface area contributed by atoms with Gasteiger partial charge in [-0.3, -0.25) is 0 Å². The molecule has 0 saturated heterocycles. The molecular formula is C14H20ClNO. The average molecular weight is 254 g/mol. The smallest absolute Gasteiger partial charge is 0.0652 e. The van der Waals surface area contributed by atoms with Crippen molar-refractivity contribution in [1.82, 2.24) is 5.32 Å². The Balaban J connectivity index is 1.91. The summed E-state index contributed by atoms with van der Waals surface area (Å²) in [5.74, 6) is 0. The molecule has 0 aliphatic heterocycles. The standard InChI is InChI=1S/C14H20ClNO/c1-14(2)12(8-13(14)17-3)16-9-10-6-4-5-7-11(10)15/h4-7,12-13,16H,8-9H2,1-3H3. The normalized spacial score (nSPS) is 26.6. The van der Waals surface area contributed by atoms with Gasteiger partial charge in [0.25, 0.3) is 0 Å². The Kier molecular flexibility index (Phi) is 3.76. The summed E-state index contributed by atoms with van der Waals surface area (Å²) < 4.78 is 5.44. The second-order valence-electron chi connectivity index (χ2n) is 5.31. The highest BCUT2D eigenvalue weighted by molar-refractivity contribution is 6.31. The Labute approximate surface area is 108 Å². The van der Waals surface area contributed by atoms with Crippen LogP contribution in [0.1, 0.15) is 25.8 Å². The third kappa shape index (κ3) is 2.49. The van der Waals surface area contributed by atoms with E-state index in [1.165, 1.54) is 0 Å². The zero-order chi connectivity index (χ0) is 12.5. The van der Waals surface area contributed by atoms with Gasteiger partial charge in [0.2, 0.25) is 0 Å². The van der Waals surface area contributed by atoms with Crippen molar-refractivity contribution in [3.8, 4) is 0 Å². The molecule has 2 atom stereocenters. The van der Waals surface area contributed by atoms with Gasteiger partial charge < -0.3 is 10.1 Å². The lowest BCUT2D eigenvalue weighted by molar-refractivity contribution is -0.0979. The van der Waals surface area contributed by atoms with Crippen molar-refractivity contribution < 1.29 is 4.74 Å². The van der Waals surface area contributed by atoms with E-state index in [1.807, 2.05) is 18.2 Å². The maximum absolute atomic E-state index is 6.13. The third-order valence-corrected chi connectivity index (χ3v) is 4.33. The summed E-state index contributed by atoms with van der Waals surface area (Å²) in [7, 11) is 1.79. The number of hydrogen-bond donors (Lipinski definition) is 1. The van der Waals surface area contributed by atoms with Gasteiger partial charge in [0.15, 0.2) is 0 Å². The van der Waals surface area contributed by atoms with Crippen LogP contribution < -0.4 is 5.32 Å². The Hall–Kier alpha value is -0.570. The van der Waals surface area contributed by atoms with E-state index in [1.54, 1.807) is 7.11 Å². The molecular weight excluding hydrogens is 234 g/mol. The van der Waals surface area contributed by atoms with E-state index >= 15 is 0 Å². The highest BCUT2D eigenvalue weighted by Gasteiger charge is 2.48. The van der Waals surface area contributed by atoms with Gasteiger partial charge in [-0.25, -0.2) is 0 Å². The van der Waals surface area contributed by atoms with Gasteiger partial charge in [0.05, 0.1) is 6.10 Å². The number of hydrogen-bond acceptors (Lipinski definition) is 2. The molecule has 2 unspecified atom stereocenters. The van der Waals surface area contributed by atoms with Crippen LogP contribution in [0.4, 0.5) is 0 Å². The summed E-state index contributed by atoms with van der Waals surface area (Å²) in [6.45, 7) is 5.31. The van der Waals surface area contributed by atoms with Crippen molar-refractivity contribution in [2.75, 3.05) is 7.11 Å². The van der Waals surface area contributed by atoms with Crippen LogP contribution in [0.15, 0.2) is 24.3 Å². The van der Waals surface area contributed by atoms with Gasteiger partial charge in [-0.2, -0.15) is 0 Å². The minimum absolute atomic E-state index is 0.204. The van der Waals surface area contributed by atoms with Gasteiger partial charge in [0.1, 0.15) is 0 Å². The van der Waals surface area contributed by atoms with Crippen molar-refractivity contribution in [1.29, 1.82) is 0 Å². The minimum Gasteiger partial charge on any atom is -0.381 e. The van der Waals surface area contributed by atoms with Crippen LogP contribution in [-0.2, 0) is 11.3 Å². The third-order valence-electron chi connectivity index (χ3n) is 3.96. The molecule has 1 aliphatic carbocycles. The molecule has 0 amide bonds. The van der Waals surface area contributed by atoms with Crippen LogP contribution in [0.2, 0.25) is 5.02 Å². The fraction of sp³-hybridized carbons (Fsp3) is 0.571. The predicted molar refractivity (Wildman–Crippen MR) is 71.3 cm³/mol. The molecule has 17 heavy (non-hydrogen) atoms. The first-order valence-corrected chi connectivity index (χ1v) is 6.43. The molecule has 1 aromatic carbocycles. The van der Waals surface area contributed by atoms with Gasteiger partial charge >= 0.3 is 0 Å². The van der Waals surface area contributed by atoms with Crippen molar-refractivity contribution in [2.45, 2.75) is 39.0 Å². The van der Waals surface area contributed by atoms with Gasteiger partial charge in [-0.1, -0.05) is 43.6 Å². The molecule has 1 saturated carbocycles. The topological polar surface area (TPSA) is 21.3 Å². The molecule has 1 fully saturated rings. The summed E-state index contributed by atoms with van der Waals surface area (Å²) in [6.07, 6.45) is 1.44. The zero-order valence-electron chi connectivity index (χ0n) is 10.7. The largest absolute Gasteiger partial charge is 0.381 e. The lowest BCUT2D eigenvalue weighted by Gasteiger charge is -2.51. The number of rotatable bonds is 4. The molecule has 0 bridgehead atoms. The Morgan fingerprint density at radius 1 is 1.41 bits per heavy atom. The van der Waals surface area contributed by atoms with Crippen LogP contribution in [0.25, 0.3) is 0 Å². The second-order valence-corrected chi connectivity index (χ2v) is 5.71. The molecule has 1 N–H and O–H groups in total. The first-order valence-electron chi connectivity index (χ1n) is 6.05. The number of nitrogens with one attached hydrogen (secondary N) is 1. The number of halogens is 1. The number of benzene rings is 1. The van der Waals surface area contributed by atoms with E-state index < -0.39 is 0 Å². The van der Waals surface area contributed by atoms with E-state index in [0.717, 1.165) is 23.6 Å². The fourth-order valence-corrected chi connectivity index (χ4v) is 2.71. The monoisotopic (exact) mass is 253 g/mol. The van der Waals surface area contributed by atoms with Crippen LogP contribution in [-0.4, -0.2) is 19.3 Å². The number of methoxy groups -OCH3 is 1. The highest BCUT2D eigenvalue weighted by Crippen LogP contribution is 2.42. The van der Waals surface area contributed by atoms with Crippen LogP contribution in [0, 0.1) is 5.41 Å². The molecule has 3 heteroatoms. The van der Waals surface area contributed by atoms with E-state index in [9.17, 15) is 0 Å². The van der Waals surface area contributed by atoms with E-state index in [4.69, 9.17) is 16.3 Å². The lowest BCUT2D eigenvalue weighted by Crippen LogP contribution is -2.60. The first-order chi connectivity index (χ1) is 8.05. The summed E-state index contributed by atoms with van der Waals surface area (Å²) >= 11 is 6.13. The van der Waals surface area contributed by atoms with Gasteiger partial charge in [-0.05, 0) is 18.1 Å². The van der Waals surface area contributed by atoms with E-state index in [2.05, 4.69) is 25.2 Å². The molecule has 0 heterocycles. The maximum atomic E-state index is 6.13. The van der Waals surface area contributed by atoms with Crippen LogP contribution in [0.3, 0.4) is 0 Å². The maximum Gasteiger partial charge on any atom is 0.0652 e. The van der Waals surface area contributed by atoms with Gasteiger partial charge in [-0.15, -0.1) is 0 Å². The van der Waals surface area contributed by atoms with Gasteiger partial charge in [0, 0.05) is 30.1 Å². The highest BCUT2D eigenvalue weighted by atomic mass is 35.5. The van der Waals surface area contributed by atoms with Crippen molar-refractivity contribution in [3.05, 3.63) is 34.9 Å². The van der Waals surface area contributed by atoms with Crippen LogP contribution in [0.5, 0.6) is 0 Å². The van der Waals surface area contributed by atoms with Crippen molar-refractivity contribution in [2.24, 2.45) is 5.41 Å². The predicted octanol–water partition coefficient (Wildman–Crippen LogP) is 3.24. The molecule has 0 spiro atoms. The molecule has 94 valence electrons. The minimum atomic E-state index is 0.204. The average Bonchev–Trinajstić information content (AvgIpc) is 2.30. The summed E-state index contributed by atoms with van der Waals surface area (Å²) in [5, 5.41) is 4.40. The van der Waals surface area contributed by atoms with E-state index in [-0.39, 0.29) is 5.41 Å². The summed E-state index contributed by atoms with van der Waals surface area (Å²) in [5.41, 5.74) is 1.36. The number of ether oxygens (including phenoxy) is 1. The molecule has 1 aromatic rings. The summed E-state index contributed by atoms with van der Waals surface area (Å²) in [6, 6.07) is 8.48. The van der Waals surface area contributed by atoms with Crippen molar-refractivity contribution >= 4 is 11.6 Å². The molecule has 2 rings (SSSR count). The van der Waals surface area contributed by atoms with Crippen molar-refractivity contribution in [3.63, 3.8) is 0 Å². The second kappa shape index (κ2) is 4.97.